The Bertz CT molecular complexity index is 753. The largest absolute Gasteiger partial charge is 0.462 e. The number of rotatable bonds is 6. The van der Waals surface area contributed by atoms with Crippen molar-refractivity contribution in [1.82, 2.24) is 0 Å². The lowest BCUT2D eigenvalue weighted by Crippen LogP contribution is -2.53. The summed E-state index contributed by atoms with van der Waals surface area (Å²) in [5, 5.41) is 21.7. The van der Waals surface area contributed by atoms with Crippen molar-refractivity contribution in [3.05, 3.63) is 23.8 Å². The molecular weight excluding hydrogens is 396 g/mol. The summed E-state index contributed by atoms with van der Waals surface area (Å²) < 4.78 is 11.3. The number of esters is 2. The Morgan fingerprint density at radius 3 is 2.68 bits per heavy atom. The molecule has 174 valence electrons. The monoisotopic (exact) mass is 434 g/mol. The molecular formula is C25H38O6. The van der Waals surface area contributed by atoms with Gasteiger partial charge in [-0.25, -0.2) is 0 Å². The van der Waals surface area contributed by atoms with Crippen molar-refractivity contribution in [1.29, 1.82) is 0 Å². The van der Waals surface area contributed by atoms with Gasteiger partial charge in [0.1, 0.15) is 6.10 Å². The third-order valence-electron chi connectivity index (χ3n) is 7.40. The van der Waals surface area contributed by atoms with Gasteiger partial charge in [-0.1, -0.05) is 39.0 Å². The summed E-state index contributed by atoms with van der Waals surface area (Å²) in [6, 6.07) is 0. The van der Waals surface area contributed by atoms with E-state index >= 15 is 0 Å². The zero-order valence-corrected chi connectivity index (χ0v) is 19.5. The predicted molar refractivity (Wildman–Crippen MR) is 117 cm³/mol. The molecule has 1 aliphatic heterocycles. The molecule has 2 aliphatic carbocycles. The summed E-state index contributed by atoms with van der Waals surface area (Å²) in [5.41, 5.74) is 0.338. The Labute approximate surface area is 185 Å². The Balaban J connectivity index is 1.83. The molecule has 3 rings (SSSR count). The lowest BCUT2D eigenvalue weighted by atomic mass is 9.63. The molecule has 1 heterocycles. The van der Waals surface area contributed by atoms with Crippen LogP contribution in [0.3, 0.4) is 0 Å². The molecule has 6 nitrogen and oxygen atoms in total. The van der Waals surface area contributed by atoms with Crippen molar-refractivity contribution in [2.24, 2.45) is 29.1 Å². The minimum atomic E-state index is -1.57. The van der Waals surface area contributed by atoms with Crippen LogP contribution in [0.25, 0.3) is 0 Å². The Kier molecular flexibility index (Phi) is 7.02. The average Bonchev–Trinajstić information content (AvgIpc) is 2.66. The van der Waals surface area contributed by atoms with E-state index in [1.165, 1.54) is 0 Å². The van der Waals surface area contributed by atoms with Crippen LogP contribution in [0.15, 0.2) is 23.8 Å². The number of ether oxygens (including phenoxy) is 2. The van der Waals surface area contributed by atoms with Crippen LogP contribution < -0.4 is 0 Å². The van der Waals surface area contributed by atoms with Crippen molar-refractivity contribution < 1.29 is 29.3 Å². The highest BCUT2D eigenvalue weighted by molar-refractivity contribution is 5.76. The van der Waals surface area contributed by atoms with Crippen LogP contribution in [0.5, 0.6) is 0 Å². The first-order chi connectivity index (χ1) is 14.4. The van der Waals surface area contributed by atoms with Gasteiger partial charge < -0.3 is 19.7 Å². The molecule has 3 aliphatic rings. The Morgan fingerprint density at radius 2 is 2.03 bits per heavy atom. The number of aliphatic hydroxyl groups excluding tert-OH is 1. The fraction of sp³-hybridized carbons (Fsp3) is 0.760. The van der Waals surface area contributed by atoms with Crippen molar-refractivity contribution in [3.8, 4) is 0 Å². The lowest BCUT2D eigenvalue weighted by molar-refractivity contribution is -0.250. The van der Waals surface area contributed by atoms with Crippen LogP contribution in [-0.4, -0.2) is 40.1 Å². The molecule has 7 atom stereocenters. The van der Waals surface area contributed by atoms with Gasteiger partial charge in [-0.15, -0.1) is 0 Å². The maximum atomic E-state index is 12.9. The highest BCUT2D eigenvalue weighted by Crippen LogP contribution is 2.50. The van der Waals surface area contributed by atoms with Gasteiger partial charge >= 0.3 is 11.9 Å². The highest BCUT2D eigenvalue weighted by atomic mass is 16.7. The van der Waals surface area contributed by atoms with Crippen LogP contribution in [0.2, 0.25) is 0 Å². The van der Waals surface area contributed by atoms with Crippen molar-refractivity contribution in [2.45, 2.75) is 91.1 Å². The molecule has 0 aromatic rings. The van der Waals surface area contributed by atoms with Gasteiger partial charge in [0, 0.05) is 12.8 Å². The molecule has 0 radical (unpaired) electrons. The van der Waals surface area contributed by atoms with E-state index in [-0.39, 0.29) is 48.1 Å². The third-order valence-corrected chi connectivity index (χ3v) is 7.40. The maximum Gasteiger partial charge on any atom is 0.314 e. The summed E-state index contributed by atoms with van der Waals surface area (Å²) in [4.78, 5) is 24.6. The number of aliphatic hydroxyl groups is 2. The van der Waals surface area contributed by atoms with Gasteiger partial charge in [-0.2, -0.15) is 0 Å². The minimum Gasteiger partial charge on any atom is -0.462 e. The van der Waals surface area contributed by atoms with E-state index in [2.05, 4.69) is 25.2 Å². The summed E-state index contributed by atoms with van der Waals surface area (Å²) in [6.45, 7) is 9.75. The number of carbonyl (C=O) groups excluding carboxylic acids is 2. The van der Waals surface area contributed by atoms with E-state index in [4.69, 9.17) is 9.47 Å². The van der Waals surface area contributed by atoms with E-state index in [9.17, 15) is 19.8 Å². The standard InChI is InChI=1S/C25H38O6/c1-6-24(4,5)23(28)31-25(29)14-15(2)11-17-8-7-16(3)20(22(17)25)10-9-19-12-18(26)13-21(27)30-19/h7-8,11,15-16,18-20,22,26,29H,6,9-10,12-14H2,1-5H3/t15-,16?,18+,19?,20-,22-,25-/m0/s1. The van der Waals surface area contributed by atoms with E-state index in [0.29, 0.717) is 32.1 Å². The normalized spacial score (nSPS) is 38.2. The van der Waals surface area contributed by atoms with E-state index < -0.39 is 17.3 Å². The topological polar surface area (TPSA) is 93.1 Å². The molecule has 1 fully saturated rings. The molecule has 2 N–H and O–H groups in total. The minimum absolute atomic E-state index is 0.0315. The number of allylic oxidation sites excluding steroid dienone is 3. The molecule has 0 aromatic heterocycles. The van der Waals surface area contributed by atoms with Gasteiger partial charge in [-0.3, -0.25) is 9.59 Å². The fourth-order valence-electron chi connectivity index (χ4n) is 5.18. The molecule has 1 saturated heterocycles. The van der Waals surface area contributed by atoms with Gasteiger partial charge in [0.25, 0.3) is 0 Å². The molecule has 0 bridgehead atoms. The molecule has 6 heteroatoms. The number of carbonyl (C=O) groups is 2. The van der Waals surface area contributed by atoms with Gasteiger partial charge in [0.05, 0.1) is 23.9 Å². The number of fused-ring (bicyclic) bond motifs is 1. The van der Waals surface area contributed by atoms with Gasteiger partial charge in [0.2, 0.25) is 5.79 Å². The molecule has 0 spiro atoms. The molecule has 0 amide bonds. The van der Waals surface area contributed by atoms with Crippen molar-refractivity contribution in [3.63, 3.8) is 0 Å². The fourth-order valence-corrected chi connectivity index (χ4v) is 5.18. The average molecular weight is 435 g/mol. The number of cyclic esters (lactones) is 1. The molecule has 0 saturated carbocycles. The first kappa shape index (κ1) is 24.0. The van der Waals surface area contributed by atoms with Gasteiger partial charge in [0.15, 0.2) is 0 Å². The molecule has 2 unspecified atom stereocenters. The smallest absolute Gasteiger partial charge is 0.314 e. The lowest BCUT2D eigenvalue weighted by Gasteiger charge is -2.48. The summed E-state index contributed by atoms with van der Waals surface area (Å²) >= 11 is 0. The van der Waals surface area contributed by atoms with Crippen LogP contribution in [0, 0.1) is 29.1 Å². The zero-order valence-electron chi connectivity index (χ0n) is 19.5. The first-order valence-electron chi connectivity index (χ1n) is 11.7. The van der Waals surface area contributed by atoms with Crippen LogP contribution in [0.4, 0.5) is 0 Å². The summed E-state index contributed by atoms with van der Waals surface area (Å²) in [5.74, 6) is -2.35. The number of hydrogen-bond donors (Lipinski definition) is 2. The van der Waals surface area contributed by atoms with Crippen molar-refractivity contribution in [2.75, 3.05) is 0 Å². The van der Waals surface area contributed by atoms with E-state index in [1.54, 1.807) is 0 Å². The molecule has 0 aromatic carbocycles. The second-order valence-electron chi connectivity index (χ2n) is 10.5. The van der Waals surface area contributed by atoms with Crippen LogP contribution in [-0.2, 0) is 19.1 Å². The van der Waals surface area contributed by atoms with Crippen molar-refractivity contribution >= 4 is 11.9 Å². The van der Waals surface area contributed by atoms with Crippen LogP contribution >= 0.6 is 0 Å². The summed E-state index contributed by atoms with van der Waals surface area (Å²) in [7, 11) is 0. The maximum absolute atomic E-state index is 12.9. The Hall–Kier alpha value is -1.66. The second-order valence-corrected chi connectivity index (χ2v) is 10.5. The number of hydrogen-bond acceptors (Lipinski definition) is 6. The van der Waals surface area contributed by atoms with E-state index in [1.807, 2.05) is 27.7 Å². The SMILES string of the molecule is CCC(C)(C)C(=O)O[C@@]1(O)C[C@@H](C)C=C2C=CC(C)[C@H](CCC3C[C@@H](O)CC(=O)O3)[C@H]21. The van der Waals surface area contributed by atoms with E-state index in [0.717, 1.165) is 5.57 Å². The zero-order chi connectivity index (χ0) is 23.0. The quantitative estimate of drug-likeness (QED) is 0.486. The Morgan fingerprint density at radius 1 is 1.32 bits per heavy atom. The predicted octanol–water partition coefficient (Wildman–Crippen LogP) is 3.91. The highest BCUT2D eigenvalue weighted by Gasteiger charge is 2.52. The second kappa shape index (κ2) is 9.07. The van der Waals surface area contributed by atoms with Crippen LogP contribution in [0.1, 0.15) is 73.1 Å². The first-order valence-corrected chi connectivity index (χ1v) is 11.7. The summed E-state index contributed by atoms with van der Waals surface area (Å²) in [6.07, 6.45) is 8.17. The van der Waals surface area contributed by atoms with Gasteiger partial charge in [-0.05, 0) is 56.4 Å². The third kappa shape index (κ3) is 5.23. The molecule has 31 heavy (non-hydrogen) atoms.